The molecule has 0 aromatic heterocycles. The molecule has 2 N–H and O–H groups in total. The summed E-state index contributed by atoms with van der Waals surface area (Å²) < 4.78 is 5.24. The number of rotatable bonds is 3. The first-order valence-electron chi connectivity index (χ1n) is 7.87. The molecule has 7 heteroatoms. The third-order valence-electron chi connectivity index (χ3n) is 3.74. The number of aliphatic hydroxyl groups excluding tert-OH is 1. The van der Waals surface area contributed by atoms with Crippen molar-refractivity contribution in [2.24, 2.45) is 0 Å². The molecule has 0 saturated carbocycles. The fourth-order valence-electron chi connectivity index (χ4n) is 2.70. The molecule has 132 valence electrons. The van der Waals surface area contributed by atoms with Crippen LogP contribution in [0.2, 0.25) is 5.02 Å². The number of nitrogens with zero attached hydrogens (tertiary/aromatic N) is 1. The molecule has 0 radical (unpaired) electrons. The van der Waals surface area contributed by atoms with Crippen LogP contribution in [0.3, 0.4) is 0 Å². The van der Waals surface area contributed by atoms with E-state index in [0.29, 0.717) is 35.8 Å². The van der Waals surface area contributed by atoms with Crippen molar-refractivity contribution in [1.29, 1.82) is 0 Å². The summed E-state index contributed by atoms with van der Waals surface area (Å²) in [6.07, 6.45) is -0.0638. The van der Waals surface area contributed by atoms with Crippen molar-refractivity contribution in [1.82, 2.24) is 5.32 Å². The van der Waals surface area contributed by atoms with Crippen LogP contribution in [0.1, 0.15) is 37.6 Å². The summed E-state index contributed by atoms with van der Waals surface area (Å²) in [4.78, 5) is 25.1. The highest BCUT2D eigenvalue weighted by molar-refractivity contribution is 6.33. The van der Waals surface area contributed by atoms with Crippen LogP contribution in [-0.2, 0) is 4.74 Å². The Hall–Kier alpha value is -1.79. The Morgan fingerprint density at radius 1 is 1.46 bits per heavy atom. The number of aliphatic hydroxyl groups is 1. The number of halogens is 1. The van der Waals surface area contributed by atoms with E-state index in [2.05, 4.69) is 5.32 Å². The van der Waals surface area contributed by atoms with E-state index in [-0.39, 0.29) is 0 Å². The molecule has 0 aliphatic carbocycles. The third kappa shape index (κ3) is 4.61. The highest BCUT2D eigenvalue weighted by Crippen LogP contribution is 2.31. The lowest BCUT2D eigenvalue weighted by atomic mass is 10.0. The van der Waals surface area contributed by atoms with E-state index in [1.807, 2.05) is 4.90 Å². The molecule has 0 unspecified atom stereocenters. The maximum atomic E-state index is 12.0. The Morgan fingerprint density at radius 3 is 2.79 bits per heavy atom. The Kier molecular flexibility index (Phi) is 5.72. The standard InChI is InChI=1S/C17H23ClN2O4/c1-17(2,3)24-16(23)19-13-9-20(8-7-14(13)22)15-11(10-21)5-4-6-12(15)18/h4-6,10,13-14,22H,7-9H2,1-3H3,(H,19,23)/t13-,14-/m0/s1. The van der Waals surface area contributed by atoms with E-state index in [0.717, 1.165) is 6.29 Å². The number of aldehydes is 1. The van der Waals surface area contributed by atoms with Gasteiger partial charge in [0.25, 0.3) is 0 Å². The van der Waals surface area contributed by atoms with Crippen LogP contribution >= 0.6 is 11.6 Å². The fourth-order valence-corrected chi connectivity index (χ4v) is 3.01. The van der Waals surface area contributed by atoms with Crippen molar-refractivity contribution < 1.29 is 19.4 Å². The second-order valence-corrected chi connectivity index (χ2v) is 7.26. The number of anilines is 1. The zero-order chi connectivity index (χ0) is 17.9. The van der Waals surface area contributed by atoms with Crippen molar-refractivity contribution in [2.75, 3.05) is 18.0 Å². The van der Waals surface area contributed by atoms with Gasteiger partial charge in [-0.25, -0.2) is 4.79 Å². The Bertz CT molecular complexity index is 615. The third-order valence-corrected chi connectivity index (χ3v) is 4.04. The smallest absolute Gasteiger partial charge is 0.408 e. The lowest BCUT2D eigenvalue weighted by Crippen LogP contribution is -2.56. The topological polar surface area (TPSA) is 78.9 Å². The quantitative estimate of drug-likeness (QED) is 0.816. The summed E-state index contributed by atoms with van der Waals surface area (Å²) in [5.74, 6) is 0. The van der Waals surface area contributed by atoms with Crippen molar-refractivity contribution in [3.8, 4) is 0 Å². The number of hydrogen-bond acceptors (Lipinski definition) is 5. The molecule has 1 heterocycles. The van der Waals surface area contributed by atoms with Crippen molar-refractivity contribution in [3.05, 3.63) is 28.8 Å². The molecule has 2 rings (SSSR count). The van der Waals surface area contributed by atoms with Crippen molar-refractivity contribution >= 4 is 29.7 Å². The van der Waals surface area contributed by atoms with Crippen molar-refractivity contribution in [3.63, 3.8) is 0 Å². The van der Waals surface area contributed by atoms with E-state index in [4.69, 9.17) is 16.3 Å². The molecule has 1 saturated heterocycles. The predicted molar refractivity (Wildman–Crippen MR) is 92.8 cm³/mol. The second-order valence-electron chi connectivity index (χ2n) is 6.85. The van der Waals surface area contributed by atoms with Gasteiger partial charge in [0.2, 0.25) is 0 Å². The first-order valence-corrected chi connectivity index (χ1v) is 8.25. The number of piperidine rings is 1. The summed E-state index contributed by atoms with van der Waals surface area (Å²) in [5.41, 5.74) is 0.489. The van der Waals surface area contributed by atoms with E-state index in [1.165, 1.54) is 0 Å². The largest absolute Gasteiger partial charge is 0.444 e. The van der Waals surface area contributed by atoms with Gasteiger partial charge in [-0.15, -0.1) is 0 Å². The molecular weight excluding hydrogens is 332 g/mol. The molecule has 2 atom stereocenters. The zero-order valence-electron chi connectivity index (χ0n) is 14.1. The molecule has 1 amide bonds. The average molecular weight is 355 g/mol. The number of amides is 1. The number of para-hydroxylation sites is 1. The van der Waals surface area contributed by atoms with E-state index in [1.54, 1.807) is 39.0 Å². The number of benzene rings is 1. The molecule has 0 spiro atoms. The maximum Gasteiger partial charge on any atom is 0.408 e. The van der Waals surface area contributed by atoms with Crippen LogP contribution in [0, 0.1) is 0 Å². The van der Waals surface area contributed by atoms with Crippen LogP contribution < -0.4 is 10.2 Å². The van der Waals surface area contributed by atoms with E-state index >= 15 is 0 Å². The number of ether oxygens (including phenoxy) is 1. The normalized spacial score (nSPS) is 21.3. The highest BCUT2D eigenvalue weighted by Gasteiger charge is 2.32. The number of carbonyl (C=O) groups excluding carboxylic acids is 2. The lowest BCUT2D eigenvalue weighted by Gasteiger charge is -2.38. The highest BCUT2D eigenvalue weighted by atomic mass is 35.5. The summed E-state index contributed by atoms with van der Waals surface area (Å²) in [7, 11) is 0. The molecule has 1 aromatic carbocycles. The Balaban J connectivity index is 2.14. The second kappa shape index (κ2) is 7.40. The lowest BCUT2D eigenvalue weighted by molar-refractivity contribution is 0.0399. The van der Waals surface area contributed by atoms with Gasteiger partial charge in [-0.2, -0.15) is 0 Å². The first-order chi connectivity index (χ1) is 11.2. The number of carbonyl (C=O) groups is 2. The number of nitrogens with one attached hydrogen (secondary N) is 1. The van der Waals surface area contributed by atoms with Gasteiger partial charge >= 0.3 is 6.09 Å². The summed E-state index contributed by atoms with van der Waals surface area (Å²) in [6.45, 7) is 6.20. The van der Waals surface area contributed by atoms with Crippen LogP contribution in [0.5, 0.6) is 0 Å². The monoisotopic (exact) mass is 354 g/mol. The first kappa shape index (κ1) is 18.5. The van der Waals surface area contributed by atoms with Gasteiger partial charge in [-0.3, -0.25) is 4.79 Å². The molecule has 1 aliphatic rings. The summed E-state index contributed by atoms with van der Waals surface area (Å²) >= 11 is 6.24. The van der Waals surface area contributed by atoms with Gasteiger partial charge in [0, 0.05) is 18.7 Å². The molecule has 24 heavy (non-hydrogen) atoms. The van der Waals surface area contributed by atoms with E-state index in [9.17, 15) is 14.7 Å². The van der Waals surface area contributed by atoms with Crippen LogP contribution in [0.4, 0.5) is 10.5 Å². The molecule has 6 nitrogen and oxygen atoms in total. The van der Waals surface area contributed by atoms with Gasteiger partial charge in [0.15, 0.2) is 6.29 Å². The SMILES string of the molecule is CC(C)(C)OC(=O)N[C@H]1CN(c2c(Cl)cccc2C=O)CC[C@@H]1O. The van der Waals surface area contributed by atoms with Gasteiger partial charge in [0.05, 0.1) is 22.9 Å². The van der Waals surface area contributed by atoms with Gasteiger partial charge in [0.1, 0.15) is 5.60 Å². The number of alkyl carbamates (subject to hydrolysis) is 1. The minimum Gasteiger partial charge on any atom is -0.444 e. The van der Waals surface area contributed by atoms with Crippen LogP contribution in [0.25, 0.3) is 0 Å². The maximum absolute atomic E-state index is 12.0. The van der Waals surface area contributed by atoms with Gasteiger partial charge in [-0.1, -0.05) is 17.7 Å². The average Bonchev–Trinajstić information content (AvgIpc) is 2.47. The molecule has 1 fully saturated rings. The zero-order valence-corrected chi connectivity index (χ0v) is 14.8. The molecule has 1 aromatic rings. The predicted octanol–water partition coefficient (Wildman–Crippen LogP) is 2.62. The summed E-state index contributed by atoms with van der Waals surface area (Å²) in [6, 6.07) is 4.61. The van der Waals surface area contributed by atoms with Gasteiger partial charge < -0.3 is 20.1 Å². The van der Waals surface area contributed by atoms with E-state index < -0.39 is 23.8 Å². The Morgan fingerprint density at radius 2 is 2.17 bits per heavy atom. The molecule has 0 bridgehead atoms. The van der Waals surface area contributed by atoms with Crippen LogP contribution in [-0.4, -0.2) is 48.3 Å². The minimum absolute atomic E-state index is 0.338. The molecular formula is C17H23ClN2O4. The summed E-state index contributed by atoms with van der Waals surface area (Å²) in [5, 5.41) is 13.3. The van der Waals surface area contributed by atoms with Crippen molar-refractivity contribution in [2.45, 2.75) is 44.9 Å². The Labute approximate surface area is 146 Å². The minimum atomic E-state index is -0.684. The van der Waals surface area contributed by atoms with Crippen LogP contribution in [0.15, 0.2) is 18.2 Å². The number of hydrogen-bond donors (Lipinski definition) is 2. The van der Waals surface area contributed by atoms with Gasteiger partial charge in [-0.05, 0) is 39.3 Å². The fraction of sp³-hybridized carbons (Fsp3) is 0.529. The molecule has 1 aliphatic heterocycles.